The SMILES string of the molecule is O=C1c2ccccc2C(=O)N1Cc1nc2ccccc2n1CN1CCOCC1. The molecule has 2 aliphatic heterocycles. The van der Waals surface area contributed by atoms with E-state index in [-0.39, 0.29) is 18.4 Å². The van der Waals surface area contributed by atoms with E-state index < -0.39 is 0 Å². The molecule has 0 saturated carbocycles. The molecule has 1 fully saturated rings. The second-order valence-corrected chi connectivity index (χ2v) is 7.06. The van der Waals surface area contributed by atoms with Gasteiger partial charge in [0, 0.05) is 13.1 Å². The highest BCUT2D eigenvalue weighted by Crippen LogP contribution is 2.25. The predicted molar refractivity (Wildman–Crippen MR) is 103 cm³/mol. The van der Waals surface area contributed by atoms with Crippen LogP contribution in [0.15, 0.2) is 48.5 Å². The number of fused-ring (bicyclic) bond motifs is 2. The smallest absolute Gasteiger partial charge is 0.261 e. The van der Waals surface area contributed by atoms with Gasteiger partial charge in [0.1, 0.15) is 5.82 Å². The zero-order chi connectivity index (χ0) is 19.1. The van der Waals surface area contributed by atoms with E-state index in [0.717, 1.165) is 24.1 Å². The van der Waals surface area contributed by atoms with Crippen LogP contribution in [0.2, 0.25) is 0 Å². The third-order valence-corrected chi connectivity index (χ3v) is 5.36. The van der Waals surface area contributed by atoms with E-state index in [9.17, 15) is 9.59 Å². The highest BCUT2D eigenvalue weighted by atomic mass is 16.5. The first kappa shape index (κ1) is 17.1. The van der Waals surface area contributed by atoms with E-state index in [1.54, 1.807) is 24.3 Å². The van der Waals surface area contributed by atoms with Gasteiger partial charge in [0.2, 0.25) is 0 Å². The topological polar surface area (TPSA) is 67.7 Å². The number of carbonyl (C=O) groups excluding carboxylic acids is 2. The summed E-state index contributed by atoms with van der Waals surface area (Å²) >= 11 is 0. The van der Waals surface area contributed by atoms with E-state index in [2.05, 4.69) is 9.47 Å². The molecule has 28 heavy (non-hydrogen) atoms. The Morgan fingerprint density at radius 2 is 1.54 bits per heavy atom. The van der Waals surface area contributed by atoms with Gasteiger partial charge in [-0.2, -0.15) is 0 Å². The van der Waals surface area contributed by atoms with Crippen LogP contribution in [0.25, 0.3) is 11.0 Å². The summed E-state index contributed by atoms with van der Waals surface area (Å²) < 4.78 is 7.55. The molecular weight excluding hydrogens is 356 g/mol. The minimum atomic E-state index is -0.259. The fourth-order valence-corrected chi connectivity index (χ4v) is 3.87. The van der Waals surface area contributed by atoms with Crippen LogP contribution < -0.4 is 0 Å². The van der Waals surface area contributed by atoms with Crippen molar-refractivity contribution in [1.82, 2.24) is 19.4 Å². The average Bonchev–Trinajstić information content (AvgIpc) is 3.20. The van der Waals surface area contributed by atoms with Gasteiger partial charge < -0.3 is 9.30 Å². The molecule has 3 heterocycles. The molecule has 0 N–H and O–H groups in total. The Balaban J connectivity index is 1.50. The fraction of sp³-hybridized carbons (Fsp3) is 0.286. The highest BCUT2D eigenvalue weighted by Gasteiger charge is 2.36. The van der Waals surface area contributed by atoms with Crippen LogP contribution in [0.5, 0.6) is 0 Å². The molecule has 2 aliphatic rings. The van der Waals surface area contributed by atoms with Gasteiger partial charge in [-0.25, -0.2) is 4.98 Å². The number of aromatic nitrogens is 2. The van der Waals surface area contributed by atoms with Crippen molar-refractivity contribution < 1.29 is 14.3 Å². The number of nitrogens with zero attached hydrogens (tertiary/aromatic N) is 4. The van der Waals surface area contributed by atoms with Crippen molar-refractivity contribution in [3.8, 4) is 0 Å². The first-order valence-electron chi connectivity index (χ1n) is 9.42. The van der Waals surface area contributed by atoms with Gasteiger partial charge in [-0.1, -0.05) is 24.3 Å². The quantitative estimate of drug-likeness (QED) is 0.653. The molecule has 3 aromatic rings. The Kier molecular flexibility index (Phi) is 4.18. The largest absolute Gasteiger partial charge is 0.379 e. The Morgan fingerprint density at radius 1 is 0.893 bits per heavy atom. The van der Waals surface area contributed by atoms with Gasteiger partial charge in [-0.15, -0.1) is 0 Å². The molecule has 142 valence electrons. The lowest BCUT2D eigenvalue weighted by atomic mass is 10.1. The van der Waals surface area contributed by atoms with Crippen molar-refractivity contribution in [3.05, 3.63) is 65.5 Å². The standard InChI is InChI=1S/C21H20N4O3/c26-20-15-5-1-2-6-16(15)21(27)24(20)13-19-22-17-7-3-4-8-18(17)25(19)14-23-9-11-28-12-10-23/h1-8H,9-14H2. The molecule has 1 saturated heterocycles. The number of imide groups is 1. The van der Waals surface area contributed by atoms with Gasteiger partial charge in [-0.3, -0.25) is 19.4 Å². The summed E-state index contributed by atoms with van der Waals surface area (Å²) in [7, 11) is 0. The lowest BCUT2D eigenvalue weighted by molar-refractivity contribution is 0.0233. The number of hydrogen-bond acceptors (Lipinski definition) is 5. The van der Waals surface area contributed by atoms with E-state index in [4.69, 9.17) is 9.72 Å². The van der Waals surface area contributed by atoms with Gasteiger partial charge >= 0.3 is 0 Å². The molecule has 5 rings (SSSR count). The number of rotatable bonds is 4. The number of benzene rings is 2. The summed E-state index contributed by atoms with van der Waals surface area (Å²) in [5, 5.41) is 0. The number of para-hydroxylation sites is 2. The average molecular weight is 376 g/mol. The first-order chi connectivity index (χ1) is 13.7. The minimum Gasteiger partial charge on any atom is -0.379 e. The van der Waals surface area contributed by atoms with Gasteiger partial charge in [0.15, 0.2) is 0 Å². The Bertz CT molecular complexity index is 1030. The molecule has 0 bridgehead atoms. The summed E-state index contributed by atoms with van der Waals surface area (Å²) in [6.07, 6.45) is 0. The number of hydrogen-bond donors (Lipinski definition) is 0. The Hall–Kier alpha value is -3.03. The van der Waals surface area contributed by atoms with E-state index in [1.165, 1.54) is 4.90 Å². The third-order valence-electron chi connectivity index (χ3n) is 5.36. The van der Waals surface area contributed by atoms with Crippen molar-refractivity contribution in [3.63, 3.8) is 0 Å². The zero-order valence-corrected chi connectivity index (χ0v) is 15.4. The van der Waals surface area contributed by atoms with E-state index in [0.29, 0.717) is 36.8 Å². The summed E-state index contributed by atoms with van der Waals surface area (Å²) in [6, 6.07) is 14.9. The van der Waals surface area contributed by atoms with Crippen molar-refractivity contribution in [2.24, 2.45) is 0 Å². The molecule has 0 spiro atoms. The molecule has 2 amide bonds. The predicted octanol–water partition coefficient (Wildman–Crippen LogP) is 2.12. The third kappa shape index (κ3) is 2.80. The maximum absolute atomic E-state index is 12.8. The van der Waals surface area contributed by atoms with Crippen molar-refractivity contribution in [2.45, 2.75) is 13.2 Å². The zero-order valence-electron chi connectivity index (χ0n) is 15.4. The molecule has 0 aliphatic carbocycles. The first-order valence-corrected chi connectivity index (χ1v) is 9.42. The highest BCUT2D eigenvalue weighted by molar-refractivity contribution is 6.21. The summed E-state index contributed by atoms with van der Waals surface area (Å²) in [5.41, 5.74) is 2.79. The normalized spacial score (nSPS) is 17.5. The maximum Gasteiger partial charge on any atom is 0.261 e. The summed E-state index contributed by atoms with van der Waals surface area (Å²) in [4.78, 5) is 33.9. The number of ether oxygens (including phenoxy) is 1. The number of amides is 2. The lowest BCUT2D eigenvalue weighted by Gasteiger charge is -2.28. The number of carbonyl (C=O) groups is 2. The maximum atomic E-state index is 12.8. The van der Waals surface area contributed by atoms with Crippen LogP contribution in [0.4, 0.5) is 0 Å². The second-order valence-electron chi connectivity index (χ2n) is 7.06. The summed E-state index contributed by atoms with van der Waals surface area (Å²) in [6.45, 7) is 3.92. The van der Waals surface area contributed by atoms with Crippen LogP contribution in [0.3, 0.4) is 0 Å². The van der Waals surface area contributed by atoms with Gasteiger partial charge in [-0.05, 0) is 24.3 Å². The molecule has 0 radical (unpaired) electrons. The molecule has 0 unspecified atom stereocenters. The van der Waals surface area contributed by atoms with E-state index in [1.807, 2.05) is 24.3 Å². The monoisotopic (exact) mass is 376 g/mol. The van der Waals surface area contributed by atoms with Crippen molar-refractivity contribution in [1.29, 1.82) is 0 Å². The van der Waals surface area contributed by atoms with Crippen LogP contribution in [0.1, 0.15) is 26.5 Å². The van der Waals surface area contributed by atoms with Gasteiger partial charge in [0.05, 0.1) is 48.6 Å². The van der Waals surface area contributed by atoms with Gasteiger partial charge in [0.25, 0.3) is 11.8 Å². The van der Waals surface area contributed by atoms with Crippen molar-refractivity contribution in [2.75, 3.05) is 26.3 Å². The van der Waals surface area contributed by atoms with Crippen LogP contribution in [-0.2, 0) is 18.0 Å². The van der Waals surface area contributed by atoms with Crippen LogP contribution in [0, 0.1) is 0 Å². The molecule has 7 nitrogen and oxygen atoms in total. The Morgan fingerprint density at radius 3 is 2.25 bits per heavy atom. The van der Waals surface area contributed by atoms with Crippen molar-refractivity contribution >= 4 is 22.8 Å². The number of imidazole rings is 1. The van der Waals surface area contributed by atoms with E-state index >= 15 is 0 Å². The molecule has 0 atom stereocenters. The molecule has 2 aromatic carbocycles. The van der Waals surface area contributed by atoms with Crippen LogP contribution >= 0.6 is 0 Å². The molecule has 7 heteroatoms. The van der Waals surface area contributed by atoms with Crippen LogP contribution in [-0.4, -0.2) is 57.5 Å². The minimum absolute atomic E-state index is 0.158. The molecular formula is C21H20N4O3. The fourth-order valence-electron chi connectivity index (χ4n) is 3.87. The number of morpholine rings is 1. The Labute approximate surface area is 162 Å². The summed E-state index contributed by atoms with van der Waals surface area (Å²) in [5.74, 6) is 0.193. The second kappa shape index (κ2) is 6.85. The lowest BCUT2D eigenvalue weighted by Crippen LogP contribution is -2.38. The molecule has 1 aromatic heterocycles.